The maximum atomic E-state index is 12.3. The van der Waals surface area contributed by atoms with Crippen LogP contribution in [0.3, 0.4) is 0 Å². The first kappa shape index (κ1) is 12.7. The Morgan fingerprint density at radius 3 is 2.50 bits per heavy atom. The van der Waals surface area contributed by atoms with Crippen molar-refractivity contribution in [1.82, 2.24) is 5.32 Å². The van der Waals surface area contributed by atoms with E-state index >= 15 is 0 Å². The highest BCUT2D eigenvalue weighted by molar-refractivity contribution is 6.21. The van der Waals surface area contributed by atoms with Crippen LogP contribution in [0.25, 0.3) is 0 Å². The summed E-state index contributed by atoms with van der Waals surface area (Å²) in [5, 5.41) is 2.94. The van der Waals surface area contributed by atoms with Gasteiger partial charge in [-0.2, -0.15) is 0 Å². The Morgan fingerprint density at radius 2 is 1.85 bits per heavy atom. The third-order valence-electron chi connectivity index (χ3n) is 5.65. The molecule has 5 atom stereocenters. The van der Waals surface area contributed by atoms with E-state index in [2.05, 4.69) is 5.32 Å². The Morgan fingerprint density at radius 1 is 1.20 bits per heavy atom. The largest absolute Gasteiger partial charge is 0.354 e. The molecular weight excluding hydrogens is 270 g/mol. The van der Waals surface area contributed by atoms with Gasteiger partial charge in [0.1, 0.15) is 0 Å². The molecule has 0 saturated heterocycles. The van der Waals surface area contributed by atoms with E-state index in [4.69, 9.17) is 11.6 Å². The van der Waals surface area contributed by atoms with E-state index in [1.165, 1.54) is 19.3 Å². The van der Waals surface area contributed by atoms with Crippen LogP contribution in [0.15, 0.2) is 30.3 Å². The third-order valence-corrected chi connectivity index (χ3v) is 6.06. The van der Waals surface area contributed by atoms with Crippen LogP contribution in [0.4, 0.5) is 0 Å². The highest BCUT2D eigenvalue weighted by Crippen LogP contribution is 2.69. The highest BCUT2D eigenvalue weighted by atomic mass is 35.5. The van der Waals surface area contributed by atoms with E-state index in [0.29, 0.717) is 24.3 Å². The molecule has 3 fully saturated rings. The summed E-state index contributed by atoms with van der Waals surface area (Å²) in [6.07, 6.45) is 4.11. The predicted molar refractivity (Wildman–Crippen MR) is 79.3 cm³/mol. The standard InChI is InChI=1S/C17H20ClNO/c18-13(10-4-2-1-3-5-10)9-19-17(20)16-14-11-6-7-12(8-11)15(14)16/h1-5,11-16H,6-9H2,(H,19,20). The lowest BCUT2D eigenvalue weighted by atomic mass is 10.0. The number of amides is 1. The summed E-state index contributed by atoms with van der Waals surface area (Å²) in [7, 11) is 0. The van der Waals surface area contributed by atoms with Gasteiger partial charge in [0.25, 0.3) is 0 Å². The highest BCUT2D eigenvalue weighted by Gasteiger charge is 2.67. The number of alkyl halides is 1. The number of hydrogen-bond acceptors (Lipinski definition) is 1. The number of hydrogen-bond donors (Lipinski definition) is 1. The minimum Gasteiger partial charge on any atom is -0.354 e. The summed E-state index contributed by atoms with van der Waals surface area (Å²) in [5.41, 5.74) is 1.07. The van der Waals surface area contributed by atoms with Crippen molar-refractivity contribution in [2.24, 2.45) is 29.6 Å². The fourth-order valence-corrected chi connectivity index (χ4v) is 4.99. The first-order chi connectivity index (χ1) is 9.75. The third kappa shape index (κ3) is 1.96. The van der Waals surface area contributed by atoms with Gasteiger partial charge in [-0.25, -0.2) is 0 Å². The molecule has 5 unspecified atom stereocenters. The van der Waals surface area contributed by atoms with Crippen LogP contribution in [-0.4, -0.2) is 12.5 Å². The molecule has 3 saturated carbocycles. The van der Waals surface area contributed by atoms with Gasteiger partial charge in [-0.15, -0.1) is 11.6 Å². The zero-order valence-electron chi connectivity index (χ0n) is 11.5. The van der Waals surface area contributed by atoms with E-state index < -0.39 is 0 Å². The summed E-state index contributed by atoms with van der Waals surface area (Å²) < 4.78 is 0. The Balaban J connectivity index is 1.32. The molecule has 2 nitrogen and oxygen atoms in total. The summed E-state index contributed by atoms with van der Waals surface area (Å²) in [4.78, 5) is 12.3. The van der Waals surface area contributed by atoms with Crippen molar-refractivity contribution in [3.63, 3.8) is 0 Å². The molecule has 1 aromatic rings. The molecular formula is C17H20ClNO. The molecule has 3 aliphatic carbocycles. The van der Waals surface area contributed by atoms with E-state index in [9.17, 15) is 4.79 Å². The van der Waals surface area contributed by atoms with Crippen LogP contribution in [0.5, 0.6) is 0 Å². The number of benzene rings is 1. The average Bonchev–Trinajstić information content (AvgIpc) is 2.93. The monoisotopic (exact) mass is 289 g/mol. The number of fused-ring (bicyclic) bond motifs is 5. The summed E-state index contributed by atoms with van der Waals surface area (Å²) in [6, 6.07) is 9.96. The number of halogens is 1. The number of carbonyl (C=O) groups is 1. The maximum Gasteiger partial charge on any atom is 0.223 e. The minimum atomic E-state index is -0.129. The van der Waals surface area contributed by atoms with Gasteiger partial charge in [0, 0.05) is 12.5 Å². The summed E-state index contributed by atoms with van der Waals surface area (Å²) in [6.45, 7) is 0.537. The van der Waals surface area contributed by atoms with Gasteiger partial charge >= 0.3 is 0 Å². The molecule has 0 aromatic heterocycles. The number of rotatable bonds is 4. The Bertz CT molecular complexity index is 501. The van der Waals surface area contributed by atoms with Crippen molar-refractivity contribution >= 4 is 17.5 Å². The van der Waals surface area contributed by atoms with Crippen LogP contribution < -0.4 is 5.32 Å². The molecule has 1 aromatic carbocycles. The fourth-order valence-electron chi connectivity index (χ4n) is 4.76. The van der Waals surface area contributed by atoms with Gasteiger partial charge in [0.05, 0.1) is 5.38 Å². The van der Waals surface area contributed by atoms with Crippen LogP contribution in [-0.2, 0) is 4.79 Å². The van der Waals surface area contributed by atoms with Crippen LogP contribution in [0.2, 0.25) is 0 Å². The van der Waals surface area contributed by atoms with Crippen molar-refractivity contribution < 1.29 is 4.79 Å². The number of nitrogens with one attached hydrogen (secondary N) is 1. The first-order valence-electron chi connectivity index (χ1n) is 7.72. The van der Waals surface area contributed by atoms with Crippen molar-refractivity contribution in [2.75, 3.05) is 6.54 Å². The second kappa shape index (κ2) is 4.77. The lowest BCUT2D eigenvalue weighted by Crippen LogP contribution is -2.30. The normalized spacial score (nSPS) is 38.4. The Hall–Kier alpha value is -1.02. The minimum absolute atomic E-state index is 0.129. The topological polar surface area (TPSA) is 29.1 Å². The molecule has 106 valence electrons. The van der Waals surface area contributed by atoms with Gasteiger partial charge in [-0.05, 0) is 48.5 Å². The van der Waals surface area contributed by atoms with Crippen molar-refractivity contribution in [3.05, 3.63) is 35.9 Å². The van der Waals surface area contributed by atoms with Crippen molar-refractivity contribution in [1.29, 1.82) is 0 Å². The molecule has 2 bridgehead atoms. The van der Waals surface area contributed by atoms with E-state index in [0.717, 1.165) is 17.4 Å². The fraction of sp³-hybridized carbons (Fsp3) is 0.588. The molecule has 3 aliphatic rings. The first-order valence-corrected chi connectivity index (χ1v) is 8.16. The average molecular weight is 290 g/mol. The van der Waals surface area contributed by atoms with E-state index in [1.54, 1.807) is 0 Å². The van der Waals surface area contributed by atoms with Crippen LogP contribution in [0.1, 0.15) is 30.2 Å². The quantitative estimate of drug-likeness (QED) is 0.846. The van der Waals surface area contributed by atoms with Gasteiger partial charge < -0.3 is 5.32 Å². The smallest absolute Gasteiger partial charge is 0.223 e. The van der Waals surface area contributed by atoms with Gasteiger partial charge in [-0.3, -0.25) is 4.79 Å². The lowest BCUT2D eigenvalue weighted by Gasteiger charge is -2.13. The molecule has 1 N–H and O–H groups in total. The summed E-state index contributed by atoms with van der Waals surface area (Å²) >= 11 is 6.35. The van der Waals surface area contributed by atoms with Gasteiger partial charge in [0.2, 0.25) is 5.91 Å². The lowest BCUT2D eigenvalue weighted by molar-refractivity contribution is -0.123. The molecule has 4 rings (SSSR count). The second-order valence-corrected chi connectivity index (χ2v) is 7.16. The van der Waals surface area contributed by atoms with Crippen molar-refractivity contribution in [2.45, 2.75) is 24.6 Å². The van der Waals surface area contributed by atoms with E-state index in [1.807, 2.05) is 30.3 Å². The number of carbonyl (C=O) groups excluding carboxylic acids is 1. The molecule has 0 spiro atoms. The summed E-state index contributed by atoms with van der Waals surface area (Å²) in [5.74, 6) is 3.67. The zero-order chi connectivity index (χ0) is 13.7. The molecule has 0 radical (unpaired) electrons. The Labute approximate surface area is 124 Å². The van der Waals surface area contributed by atoms with Gasteiger partial charge in [0.15, 0.2) is 0 Å². The zero-order valence-corrected chi connectivity index (χ0v) is 12.2. The maximum absolute atomic E-state index is 12.3. The molecule has 0 aliphatic heterocycles. The second-order valence-electron chi connectivity index (χ2n) is 6.64. The molecule has 20 heavy (non-hydrogen) atoms. The van der Waals surface area contributed by atoms with Gasteiger partial charge in [-0.1, -0.05) is 30.3 Å². The molecule has 1 amide bonds. The van der Waals surface area contributed by atoms with E-state index in [-0.39, 0.29) is 11.3 Å². The van der Waals surface area contributed by atoms with Crippen LogP contribution >= 0.6 is 11.6 Å². The molecule has 0 heterocycles. The van der Waals surface area contributed by atoms with Crippen LogP contribution in [0, 0.1) is 29.6 Å². The predicted octanol–water partition coefficient (Wildman–Crippen LogP) is 3.37. The SMILES string of the molecule is O=C(NCC(Cl)c1ccccc1)C1C2C3CCC(C3)C12. The molecule has 3 heteroatoms. The van der Waals surface area contributed by atoms with Crippen molar-refractivity contribution in [3.8, 4) is 0 Å². The Kier molecular flexibility index (Phi) is 3.03.